The zero-order valence-electron chi connectivity index (χ0n) is 12.2. The smallest absolute Gasteiger partial charge is 0.394 e. The Hall–Kier alpha value is -0.540. The topological polar surface area (TPSA) is 235 Å². The summed E-state index contributed by atoms with van der Waals surface area (Å²) >= 11 is 0. The minimum Gasteiger partial charge on any atom is -0.394 e. The maximum absolute atomic E-state index is 10.0. The minimum absolute atomic E-state index is 0.0354. The number of hydrogen-bond donors (Lipinski definition) is 9. The molecule has 14 heteroatoms. The van der Waals surface area contributed by atoms with Gasteiger partial charge >= 0.3 is 7.82 Å². The van der Waals surface area contributed by atoms with Crippen molar-refractivity contribution in [1.82, 2.24) is 0 Å². The molecule has 0 saturated carbocycles. The SMILES string of the molecule is O=C[C@H](O)[C@H](O)COP(=O)(O)O.OC[C@H]1O[C@](O)(CO)[C@@H](O)[C@@H]1O. The molecule has 1 fully saturated rings. The average molecular weight is 380 g/mol. The number of carbonyl (C=O) groups is 1. The van der Waals surface area contributed by atoms with Crippen LogP contribution in [0.15, 0.2) is 0 Å². The number of aliphatic hydroxyl groups is 7. The predicted molar refractivity (Wildman–Crippen MR) is 72.1 cm³/mol. The van der Waals surface area contributed by atoms with Gasteiger partial charge in [-0.15, -0.1) is 0 Å². The molecule has 9 N–H and O–H groups in total. The van der Waals surface area contributed by atoms with Crippen LogP contribution in [0.2, 0.25) is 0 Å². The molecular weight excluding hydrogens is 359 g/mol. The summed E-state index contributed by atoms with van der Waals surface area (Å²) in [6.45, 7) is -2.16. The molecule has 0 spiro atoms. The van der Waals surface area contributed by atoms with E-state index in [1.165, 1.54) is 0 Å². The molecule has 0 radical (unpaired) electrons. The lowest BCUT2D eigenvalue weighted by Crippen LogP contribution is -2.46. The van der Waals surface area contributed by atoms with Gasteiger partial charge in [0.05, 0.1) is 19.8 Å². The lowest BCUT2D eigenvalue weighted by molar-refractivity contribution is -0.248. The van der Waals surface area contributed by atoms with Crippen LogP contribution in [0.4, 0.5) is 0 Å². The van der Waals surface area contributed by atoms with Crippen LogP contribution in [0, 0.1) is 0 Å². The molecule has 144 valence electrons. The van der Waals surface area contributed by atoms with Crippen molar-refractivity contribution in [3.05, 3.63) is 0 Å². The summed E-state index contributed by atoms with van der Waals surface area (Å²) in [4.78, 5) is 26.1. The summed E-state index contributed by atoms with van der Waals surface area (Å²) in [7, 11) is -4.66. The van der Waals surface area contributed by atoms with Crippen molar-refractivity contribution < 1.29 is 64.2 Å². The van der Waals surface area contributed by atoms with Gasteiger partial charge in [0.2, 0.25) is 5.79 Å². The predicted octanol–water partition coefficient (Wildman–Crippen LogP) is -5.20. The third-order valence-electron chi connectivity index (χ3n) is 2.88. The molecule has 1 saturated heterocycles. The average Bonchev–Trinajstić information content (AvgIpc) is 2.76. The van der Waals surface area contributed by atoms with E-state index in [1.54, 1.807) is 0 Å². The molecule has 24 heavy (non-hydrogen) atoms. The first-order chi connectivity index (χ1) is 10.9. The van der Waals surface area contributed by atoms with Crippen LogP contribution >= 0.6 is 7.82 Å². The van der Waals surface area contributed by atoms with Crippen LogP contribution in [-0.4, -0.2) is 108 Å². The molecule has 1 aliphatic heterocycles. The number of ether oxygens (including phenoxy) is 1. The molecule has 0 aromatic rings. The Morgan fingerprint density at radius 2 is 1.79 bits per heavy atom. The highest BCUT2D eigenvalue weighted by molar-refractivity contribution is 7.46. The second-order valence-electron chi connectivity index (χ2n) is 4.76. The first-order valence-corrected chi connectivity index (χ1v) is 7.94. The molecule has 1 rings (SSSR count). The molecule has 0 aromatic carbocycles. The first kappa shape index (κ1) is 23.5. The fraction of sp³-hybridized carbons (Fsp3) is 0.900. The molecule has 0 bridgehead atoms. The maximum Gasteiger partial charge on any atom is 0.469 e. The zero-order valence-corrected chi connectivity index (χ0v) is 13.1. The van der Waals surface area contributed by atoms with Crippen molar-refractivity contribution >= 4 is 14.1 Å². The van der Waals surface area contributed by atoms with Crippen molar-refractivity contribution in [3.63, 3.8) is 0 Å². The fourth-order valence-electron chi connectivity index (χ4n) is 1.51. The molecule has 13 nitrogen and oxygen atoms in total. The van der Waals surface area contributed by atoms with Crippen molar-refractivity contribution in [2.45, 2.75) is 36.3 Å². The fourth-order valence-corrected chi connectivity index (χ4v) is 1.86. The Morgan fingerprint density at radius 1 is 1.25 bits per heavy atom. The third-order valence-corrected chi connectivity index (χ3v) is 3.36. The number of rotatable bonds is 7. The lowest BCUT2D eigenvalue weighted by Gasteiger charge is -2.22. The monoisotopic (exact) mass is 380 g/mol. The second-order valence-corrected chi connectivity index (χ2v) is 6.00. The largest absolute Gasteiger partial charge is 0.469 e. The van der Waals surface area contributed by atoms with Crippen LogP contribution in [0.5, 0.6) is 0 Å². The van der Waals surface area contributed by atoms with Crippen LogP contribution < -0.4 is 0 Å². The minimum atomic E-state index is -4.66. The molecular formula is C10H21O13P. The van der Waals surface area contributed by atoms with Crippen LogP contribution in [0.1, 0.15) is 0 Å². The van der Waals surface area contributed by atoms with E-state index in [-0.39, 0.29) is 6.29 Å². The van der Waals surface area contributed by atoms with Crippen LogP contribution in [0.25, 0.3) is 0 Å². The number of aliphatic hydroxyl groups excluding tert-OH is 6. The quantitative estimate of drug-likeness (QED) is 0.148. The molecule has 0 unspecified atom stereocenters. The van der Waals surface area contributed by atoms with Crippen molar-refractivity contribution in [1.29, 1.82) is 0 Å². The van der Waals surface area contributed by atoms with Gasteiger partial charge in [-0.05, 0) is 0 Å². The summed E-state index contributed by atoms with van der Waals surface area (Å²) in [5.74, 6) is -2.16. The van der Waals surface area contributed by atoms with E-state index < -0.39 is 64.0 Å². The van der Waals surface area contributed by atoms with Crippen LogP contribution in [-0.2, 0) is 18.6 Å². The molecule has 0 amide bonds. The Kier molecular flexibility index (Phi) is 9.60. The lowest BCUT2D eigenvalue weighted by atomic mass is 10.1. The summed E-state index contributed by atoms with van der Waals surface area (Å²) in [5.41, 5.74) is 0. The van der Waals surface area contributed by atoms with Crippen molar-refractivity contribution in [2.75, 3.05) is 19.8 Å². The van der Waals surface area contributed by atoms with E-state index in [4.69, 9.17) is 40.4 Å². The Labute approximate surface area is 135 Å². The van der Waals surface area contributed by atoms with Crippen molar-refractivity contribution in [2.24, 2.45) is 0 Å². The molecule has 1 aliphatic rings. The van der Waals surface area contributed by atoms with Crippen LogP contribution in [0.3, 0.4) is 0 Å². The van der Waals surface area contributed by atoms with Gasteiger partial charge in [-0.25, -0.2) is 4.57 Å². The summed E-state index contributed by atoms with van der Waals surface area (Å²) in [5, 5.41) is 62.0. The zero-order chi connectivity index (χ0) is 19.1. The van der Waals surface area contributed by atoms with E-state index in [0.29, 0.717) is 0 Å². The van der Waals surface area contributed by atoms with Gasteiger partial charge in [0.25, 0.3) is 0 Å². The summed E-state index contributed by atoms with van der Waals surface area (Å²) in [6.07, 6.45) is -7.33. The number of hydrogen-bond acceptors (Lipinski definition) is 11. The first-order valence-electron chi connectivity index (χ1n) is 6.41. The molecule has 1 heterocycles. The van der Waals surface area contributed by atoms with Gasteiger partial charge in [0.15, 0.2) is 6.29 Å². The second kappa shape index (κ2) is 9.82. The molecule has 0 aliphatic carbocycles. The Morgan fingerprint density at radius 3 is 2.08 bits per heavy atom. The highest BCUT2D eigenvalue weighted by Crippen LogP contribution is 2.35. The van der Waals surface area contributed by atoms with Gasteiger partial charge in [-0.1, -0.05) is 0 Å². The summed E-state index contributed by atoms with van der Waals surface area (Å²) < 4.78 is 18.5. The highest BCUT2D eigenvalue weighted by atomic mass is 31.2. The van der Waals surface area contributed by atoms with Gasteiger partial charge in [-0.2, -0.15) is 0 Å². The number of aldehydes is 1. The normalized spacial score (nSPS) is 32.6. The highest BCUT2D eigenvalue weighted by Gasteiger charge is 2.52. The molecule has 6 atom stereocenters. The number of phosphoric acid groups is 1. The Bertz CT molecular complexity index is 427. The third kappa shape index (κ3) is 7.14. The van der Waals surface area contributed by atoms with Crippen molar-refractivity contribution in [3.8, 4) is 0 Å². The maximum atomic E-state index is 10.0. The molecule has 0 aromatic heterocycles. The standard InChI is InChI=1S/C6H12O6.C4H9O7P/c7-1-3-4(9)5(10)6(11,2-8)12-3;5-1-3(6)4(7)2-11-12(8,9)10/h3-5,7-11H,1-2H2;1,3-4,6-7H,2H2,(H2,8,9,10)/t3-,4-,5+,6-;3-,4+/m10/s1. The van der Waals surface area contributed by atoms with Gasteiger partial charge < -0.3 is 55.1 Å². The van der Waals surface area contributed by atoms with E-state index in [2.05, 4.69) is 9.26 Å². The van der Waals surface area contributed by atoms with E-state index in [0.717, 1.165) is 0 Å². The van der Waals surface area contributed by atoms with Gasteiger partial charge in [-0.3, -0.25) is 4.52 Å². The van der Waals surface area contributed by atoms with E-state index in [1.807, 2.05) is 0 Å². The van der Waals surface area contributed by atoms with E-state index in [9.17, 15) is 14.5 Å². The van der Waals surface area contributed by atoms with Gasteiger partial charge in [0, 0.05) is 0 Å². The number of phosphoric ester groups is 1. The Balaban J connectivity index is 0.000000441. The van der Waals surface area contributed by atoms with Gasteiger partial charge in [0.1, 0.15) is 30.5 Å². The number of carbonyl (C=O) groups excluding carboxylic acids is 1. The summed E-state index contributed by atoms with van der Waals surface area (Å²) in [6, 6.07) is 0. The van der Waals surface area contributed by atoms with E-state index >= 15 is 0 Å².